The highest BCUT2D eigenvalue weighted by molar-refractivity contribution is 6.59. The Balaban J connectivity index is 3.06. The van der Waals surface area contributed by atoms with Crippen LogP contribution in [-0.4, -0.2) is 27.9 Å². The maximum atomic E-state index is 11.3. The average Bonchev–Trinajstić information content (AvgIpc) is 2.15. The molecule has 5 heteroatoms. The molecule has 0 atom stereocenters. The third-order valence-corrected chi connectivity index (χ3v) is 2.04. The monoisotopic (exact) mass is 193 g/mol. The Labute approximate surface area is 82.8 Å². The Morgan fingerprint density at radius 1 is 1.57 bits per heavy atom. The van der Waals surface area contributed by atoms with Crippen molar-refractivity contribution in [2.75, 3.05) is 0 Å². The van der Waals surface area contributed by atoms with Crippen molar-refractivity contribution in [3.8, 4) is 0 Å². The maximum Gasteiger partial charge on any atom is 0.490 e. The van der Waals surface area contributed by atoms with E-state index in [9.17, 15) is 4.79 Å². The van der Waals surface area contributed by atoms with Crippen LogP contribution in [0, 0.1) is 6.92 Å². The van der Waals surface area contributed by atoms with E-state index >= 15 is 0 Å². The van der Waals surface area contributed by atoms with Crippen LogP contribution in [0.5, 0.6) is 0 Å². The van der Waals surface area contributed by atoms with Gasteiger partial charge in [0.15, 0.2) is 5.78 Å². The number of pyridine rings is 1. The SMILES string of the molecule is CCC(=O)c1cc(C)c(B(O)O)cn1. The highest BCUT2D eigenvalue weighted by Crippen LogP contribution is 2.02. The normalized spacial score (nSPS) is 10.0. The molecule has 1 aromatic rings. The van der Waals surface area contributed by atoms with Gasteiger partial charge in [-0.3, -0.25) is 9.78 Å². The van der Waals surface area contributed by atoms with E-state index < -0.39 is 7.12 Å². The molecule has 0 aliphatic heterocycles. The van der Waals surface area contributed by atoms with Crippen LogP contribution < -0.4 is 5.46 Å². The Morgan fingerprint density at radius 3 is 2.64 bits per heavy atom. The predicted molar refractivity (Wildman–Crippen MR) is 53.4 cm³/mol. The van der Waals surface area contributed by atoms with E-state index in [1.807, 2.05) is 0 Å². The molecule has 0 saturated heterocycles. The fraction of sp³-hybridized carbons (Fsp3) is 0.333. The Hall–Kier alpha value is -1.20. The smallest absolute Gasteiger partial charge is 0.423 e. The molecule has 0 amide bonds. The fourth-order valence-electron chi connectivity index (χ4n) is 1.17. The fourth-order valence-corrected chi connectivity index (χ4v) is 1.17. The second-order valence-electron chi connectivity index (χ2n) is 3.08. The molecular weight excluding hydrogens is 181 g/mol. The Morgan fingerprint density at radius 2 is 2.21 bits per heavy atom. The van der Waals surface area contributed by atoms with E-state index in [1.54, 1.807) is 19.9 Å². The number of carbonyl (C=O) groups is 1. The highest BCUT2D eigenvalue weighted by atomic mass is 16.4. The zero-order valence-electron chi connectivity index (χ0n) is 8.19. The second kappa shape index (κ2) is 4.35. The molecule has 2 N–H and O–H groups in total. The van der Waals surface area contributed by atoms with Gasteiger partial charge in [0.2, 0.25) is 0 Å². The molecule has 1 rings (SSSR count). The van der Waals surface area contributed by atoms with Crippen molar-refractivity contribution in [3.63, 3.8) is 0 Å². The third-order valence-electron chi connectivity index (χ3n) is 2.04. The predicted octanol–water partition coefficient (Wildman–Crippen LogP) is -0.337. The molecule has 4 nitrogen and oxygen atoms in total. The first kappa shape index (κ1) is 10.9. The summed E-state index contributed by atoms with van der Waals surface area (Å²) in [7, 11) is -1.53. The lowest BCUT2D eigenvalue weighted by molar-refractivity contribution is 0.0983. The number of nitrogens with zero attached hydrogens (tertiary/aromatic N) is 1. The van der Waals surface area contributed by atoms with E-state index in [2.05, 4.69) is 4.98 Å². The topological polar surface area (TPSA) is 70.4 Å². The van der Waals surface area contributed by atoms with Gasteiger partial charge >= 0.3 is 7.12 Å². The van der Waals surface area contributed by atoms with Crippen LogP contribution in [0.1, 0.15) is 29.4 Å². The highest BCUT2D eigenvalue weighted by Gasteiger charge is 2.16. The van der Waals surface area contributed by atoms with E-state index in [0.717, 1.165) is 0 Å². The van der Waals surface area contributed by atoms with Crippen molar-refractivity contribution in [2.45, 2.75) is 20.3 Å². The van der Waals surface area contributed by atoms with Crippen LogP contribution in [0.2, 0.25) is 0 Å². The van der Waals surface area contributed by atoms with E-state index in [1.165, 1.54) is 6.20 Å². The number of rotatable bonds is 3. The Bertz CT molecular complexity index is 352. The first-order valence-corrected chi connectivity index (χ1v) is 4.42. The summed E-state index contributed by atoms with van der Waals surface area (Å²) in [5, 5.41) is 17.8. The van der Waals surface area contributed by atoms with Gasteiger partial charge in [-0.1, -0.05) is 6.92 Å². The van der Waals surface area contributed by atoms with Gasteiger partial charge in [0, 0.05) is 18.1 Å². The molecule has 1 heterocycles. The molecule has 0 radical (unpaired) electrons. The minimum Gasteiger partial charge on any atom is -0.423 e. The van der Waals surface area contributed by atoms with Gasteiger partial charge in [0.05, 0.1) is 0 Å². The van der Waals surface area contributed by atoms with Gasteiger partial charge in [-0.25, -0.2) is 0 Å². The quantitative estimate of drug-likeness (QED) is 0.509. The molecule has 0 unspecified atom stereocenters. The first-order chi connectivity index (χ1) is 6.56. The first-order valence-electron chi connectivity index (χ1n) is 4.42. The van der Waals surface area contributed by atoms with Gasteiger partial charge in [-0.05, 0) is 18.6 Å². The standard InChI is InChI=1S/C9H12BNO3/c1-3-9(12)8-4-6(2)7(5-11-8)10(13)14/h4-5,13-14H,3H2,1-2H3. The molecular formula is C9H12BNO3. The van der Waals surface area contributed by atoms with E-state index in [0.29, 0.717) is 23.1 Å². The minimum absolute atomic E-state index is 0.0490. The summed E-state index contributed by atoms with van der Waals surface area (Å²) in [5.41, 5.74) is 1.36. The van der Waals surface area contributed by atoms with Crippen LogP contribution in [0.15, 0.2) is 12.3 Å². The largest absolute Gasteiger partial charge is 0.490 e. The lowest BCUT2D eigenvalue weighted by Crippen LogP contribution is -2.33. The van der Waals surface area contributed by atoms with Gasteiger partial charge in [-0.2, -0.15) is 0 Å². The number of ketones is 1. The molecule has 0 aliphatic rings. The van der Waals surface area contributed by atoms with Crippen molar-refractivity contribution in [2.24, 2.45) is 0 Å². The van der Waals surface area contributed by atoms with Crippen molar-refractivity contribution < 1.29 is 14.8 Å². The van der Waals surface area contributed by atoms with E-state index in [-0.39, 0.29) is 5.78 Å². The number of aryl methyl sites for hydroxylation is 1. The second-order valence-corrected chi connectivity index (χ2v) is 3.08. The van der Waals surface area contributed by atoms with Crippen LogP contribution >= 0.6 is 0 Å². The lowest BCUT2D eigenvalue weighted by Gasteiger charge is -2.05. The molecule has 0 aliphatic carbocycles. The lowest BCUT2D eigenvalue weighted by atomic mass is 9.78. The van der Waals surface area contributed by atoms with Crippen molar-refractivity contribution in [1.29, 1.82) is 0 Å². The minimum atomic E-state index is -1.53. The number of hydrogen-bond donors (Lipinski definition) is 2. The number of carbonyl (C=O) groups excluding carboxylic acids is 1. The van der Waals surface area contributed by atoms with Crippen molar-refractivity contribution in [1.82, 2.24) is 4.98 Å². The van der Waals surface area contributed by atoms with E-state index in [4.69, 9.17) is 10.0 Å². The van der Waals surface area contributed by atoms with Crippen molar-refractivity contribution in [3.05, 3.63) is 23.5 Å². The summed E-state index contributed by atoms with van der Waals surface area (Å²) in [5.74, 6) is -0.0490. The van der Waals surface area contributed by atoms with Gasteiger partial charge in [-0.15, -0.1) is 0 Å². The third kappa shape index (κ3) is 2.18. The van der Waals surface area contributed by atoms with Crippen molar-refractivity contribution >= 4 is 18.4 Å². The maximum absolute atomic E-state index is 11.3. The summed E-state index contributed by atoms with van der Waals surface area (Å²) >= 11 is 0. The molecule has 1 aromatic heterocycles. The van der Waals surface area contributed by atoms with Crippen LogP contribution in [0.4, 0.5) is 0 Å². The summed E-state index contributed by atoms with van der Waals surface area (Å²) in [6.45, 7) is 3.47. The summed E-state index contributed by atoms with van der Waals surface area (Å²) < 4.78 is 0. The van der Waals surface area contributed by atoms with Crippen LogP contribution in [-0.2, 0) is 0 Å². The summed E-state index contributed by atoms with van der Waals surface area (Å²) in [6.07, 6.45) is 1.72. The Kier molecular flexibility index (Phi) is 3.38. The molecule has 14 heavy (non-hydrogen) atoms. The molecule has 0 saturated carbocycles. The number of hydrogen-bond acceptors (Lipinski definition) is 4. The van der Waals surface area contributed by atoms with Crippen LogP contribution in [0.3, 0.4) is 0 Å². The molecule has 0 spiro atoms. The molecule has 0 bridgehead atoms. The molecule has 0 fully saturated rings. The zero-order valence-corrected chi connectivity index (χ0v) is 8.19. The van der Waals surface area contributed by atoms with Gasteiger partial charge in [0.25, 0.3) is 0 Å². The zero-order chi connectivity index (χ0) is 10.7. The molecule has 0 aromatic carbocycles. The van der Waals surface area contributed by atoms with Crippen LogP contribution in [0.25, 0.3) is 0 Å². The van der Waals surface area contributed by atoms with Gasteiger partial charge in [0.1, 0.15) is 5.69 Å². The molecule has 74 valence electrons. The summed E-state index contributed by atoms with van der Waals surface area (Å²) in [6, 6.07) is 1.57. The number of Topliss-reactive ketones (excluding diaryl/α,β-unsaturated/α-hetero) is 1. The number of aromatic nitrogens is 1. The summed E-state index contributed by atoms with van der Waals surface area (Å²) in [4.78, 5) is 15.1. The van der Waals surface area contributed by atoms with Gasteiger partial charge < -0.3 is 10.0 Å². The average molecular weight is 193 g/mol.